The summed E-state index contributed by atoms with van der Waals surface area (Å²) >= 11 is 0. The van der Waals surface area contributed by atoms with Crippen LogP contribution in [0.4, 0.5) is 5.69 Å². The maximum atomic E-state index is 13.0. The second-order valence-electron chi connectivity index (χ2n) is 6.24. The number of aromatic nitrogens is 2. The summed E-state index contributed by atoms with van der Waals surface area (Å²) in [5, 5.41) is 14.9. The number of rotatable bonds is 6. The van der Waals surface area contributed by atoms with Gasteiger partial charge >= 0.3 is 0 Å². The first-order valence-corrected chi connectivity index (χ1v) is 9.66. The molecule has 0 bridgehead atoms. The van der Waals surface area contributed by atoms with Crippen LogP contribution in [-0.2, 0) is 26.2 Å². The number of sulfonamides is 1. The van der Waals surface area contributed by atoms with Crippen molar-refractivity contribution in [3.8, 4) is 0 Å². The van der Waals surface area contributed by atoms with E-state index in [9.17, 15) is 18.5 Å². The summed E-state index contributed by atoms with van der Waals surface area (Å²) in [5.74, 6) is 0. The topological polar surface area (TPSA) is 117 Å². The monoisotopic (exact) mass is 396 g/mol. The summed E-state index contributed by atoms with van der Waals surface area (Å²) in [6, 6.07) is 4.87. The summed E-state index contributed by atoms with van der Waals surface area (Å²) in [6.45, 7) is 2.40. The van der Waals surface area contributed by atoms with Crippen LogP contribution in [0.2, 0.25) is 0 Å². The molecule has 1 aromatic carbocycles. The molecule has 27 heavy (non-hydrogen) atoms. The van der Waals surface area contributed by atoms with Crippen molar-refractivity contribution < 1.29 is 22.8 Å². The number of benzene rings is 1. The van der Waals surface area contributed by atoms with E-state index in [1.54, 1.807) is 31.1 Å². The van der Waals surface area contributed by atoms with Crippen LogP contribution >= 0.6 is 0 Å². The molecule has 1 fully saturated rings. The molecule has 3 rings (SSSR count). The van der Waals surface area contributed by atoms with Crippen LogP contribution in [0.3, 0.4) is 0 Å². The summed E-state index contributed by atoms with van der Waals surface area (Å²) in [6.07, 6.45) is 2.59. The average molecular weight is 396 g/mol. The third-order valence-electron chi connectivity index (χ3n) is 4.20. The quantitative estimate of drug-likeness (QED) is 0.537. The smallest absolute Gasteiger partial charge is 0.269 e. The number of non-ortho nitro benzene ring substituents is 1. The standard InChI is InChI=1S/C16H20N4O6S/c1-12-8-19(10-16(26-12)13-7-17-18(9-13)11-25-2)27(23,24)15-5-3-14(4-6-15)20(21)22/h3-7,9,12,16H,8,10-11H2,1-2H3/t12-,16-/m1/s1. The highest BCUT2D eigenvalue weighted by molar-refractivity contribution is 7.89. The molecular weight excluding hydrogens is 376 g/mol. The molecule has 2 atom stereocenters. The molecule has 0 amide bonds. The SMILES string of the molecule is COCn1cc([C@H]2CN(S(=O)(=O)c3ccc([N+](=O)[O-])cc3)C[C@@H](C)O2)cn1. The van der Waals surface area contributed by atoms with Crippen molar-refractivity contribution in [3.05, 3.63) is 52.3 Å². The summed E-state index contributed by atoms with van der Waals surface area (Å²) in [5.41, 5.74) is 0.593. The maximum Gasteiger partial charge on any atom is 0.269 e. The molecule has 1 aliphatic rings. The highest BCUT2D eigenvalue weighted by Crippen LogP contribution is 2.29. The molecule has 0 N–H and O–H groups in total. The van der Waals surface area contributed by atoms with E-state index in [-0.39, 0.29) is 36.5 Å². The second kappa shape index (κ2) is 7.72. The normalized spacial score (nSPS) is 21.3. The van der Waals surface area contributed by atoms with E-state index in [2.05, 4.69) is 5.10 Å². The fraction of sp³-hybridized carbons (Fsp3) is 0.438. The Morgan fingerprint density at radius 1 is 1.33 bits per heavy atom. The predicted molar refractivity (Wildman–Crippen MR) is 94.4 cm³/mol. The van der Waals surface area contributed by atoms with Crippen LogP contribution in [-0.4, -0.2) is 53.7 Å². The Kier molecular flexibility index (Phi) is 5.56. The van der Waals surface area contributed by atoms with Crippen molar-refractivity contribution in [1.29, 1.82) is 0 Å². The van der Waals surface area contributed by atoms with E-state index >= 15 is 0 Å². The van der Waals surface area contributed by atoms with Gasteiger partial charge in [-0.2, -0.15) is 9.40 Å². The summed E-state index contributed by atoms with van der Waals surface area (Å²) < 4.78 is 39.7. The van der Waals surface area contributed by atoms with E-state index < -0.39 is 21.1 Å². The van der Waals surface area contributed by atoms with Gasteiger partial charge in [0.15, 0.2) is 0 Å². The minimum absolute atomic E-state index is 0.0102. The Labute approximate surface area is 156 Å². The molecule has 11 heteroatoms. The number of methoxy groups -OCH3 is 1. The number of hydrogen-bond acceptors (Lipinski definition) is 7. The second-order valence-corrected chi connectivity index (χ2v) is 8.18. The lowest BCUT2D eigenvalue weighted by Gasteiger charge is -2.35. The van der Waals surface area contributed by atoms with Gasteiger partial charge < -0.3 is 9.47 Å². The fourth-order valence-corrected chi connectivity index (χ4v) is 4.45. The van der Waals surface area contributed by atoms with Crippen LogP contribution in [0.15, 0.2) is 41.6 Å². The zero-order valence-electron chi connectivity index (χ0n) is 14.9. The number of nitro benzene ring substituents is 1. The molecule has 2 heterocycles. The van der Waals surface area contributed by atoms with Crippen LogP contribution in [0.25, 0.3) is 0 Å². The van der Waals surface area contributed by atoms with Gasteiger partial charge in [-0.05, 0) is 19.1 Å². The molecule has 10 nitrogen and oxygen atoms in total. The Morgan fingerprint density at radius 2 is 2.04 bits per heavy atom. The lowest BCUT2D eigenvalue weighted by Crippen LogP contribution is -2.45. The van der Waals surface area contributed by atoms with Crippen molar-refractivity contribution in [1.82, 2.24) is 14.1 Å². The zero-order chi connectivity index (χ0) is 19.6. The van der Waals surface area contributed by atoms with E-state index in [1.165, 1.54) is 28.6 Å². The molecule has 1 saturated heterocycles. The highest BCUT2D eigenvalue weighted by atomic mass is 32.2. The lowest BCUT2D eigenvalue weighted by atomic mass is 10.1. The van der Waals surface area contributed by atoms with Crippen molar-refractivity contribution in [2.24, 2.45) is 0 Å². The van der Waals surface area contributed by atoms with Gasteiger partial charge in [0, 0.05) is 44.1 Å². The molecule has 146 valence electrons. The van der Waals surface area contributed by atoms with Gasteiger partial charge in [0.05, 0.1) is 28.2 Å². The van der Waals surface area contributed by atoms with Gasteiger partial charge in [-0.3, -0.25) is 10.1 Å². The number of hydrogen-bond donors (Lipinski definition) is 0. The van der Waals surface area contributed by atoms with Crippen LogP contribution in [0.5, 0.6) is 0 Å². The van der Waals surface area contributed by atoms with E-state index in [4.69, 9.17) is 9.47 Å². The Bertz CT molecular complexity index is 911. The van der Waals surface area contributed by atoms with Crippen LogP contribution in [0, 0.1) is 10.1 Å². The molecule has 0 saturated carbocycles. The van der Waals surface area contributed by atoms with Crippen LogP contribution in [0.1, 0.15) is 18.6 Å². The fourth-order valence-electron chi connectivity index (χ4n) is 2.93. The van der Waals surface area contributed by atoms with E-state index in [1.807, 2.05) is 0 Å². The number of nitrogens with zero attached hydrogens (tertiary/aromatic N) is 4. The summed E-state index contributed by atoms with van der Waals surface area (Å²) in [7, 11) is -2.25. The molecule has 1 aromatic heterocycles. The number of ether oxygens (including phenoxy) is 2. The molecule has 0 spiro atoms. The first-order valence-electron chi connectivity index (χ1n) is 8.22. The molecule has 2 aromatic rings. The zero-order valence-corrected chi connectivity index (χ0v) is 15.7. The third kappa shape index (κ3) is 4.16. The van der Waals surface area contributed by atoms with Crippen molar-refractivity contribution >= 4 is 15.7 Å². The highest BCUT2D eigenvalue weighted by Gasteiger charge is 2.35. The largest absolute Gasteiger partial charge is 0.368 e. The van der Waals surface area contributed by atoms with Crippen molar-refractivity contribution in [2.75, 3.05) is 20.2 Å². The van der Waals surface area contributed by atoms with Gasteiger partial charge in [-0.25, -0.2) is 13.1 Å². The average Bonchev–Trinajstić information content (AvgIpc) is 3.10. The Morgan fingerprint density at radius 3 is 2.67 bits per heavy atom. The number of nitro groups is 1. The van der Waals surface area contributed by atoms with Gasteiger partial charge in [0.2, 0.25) is 10.0 Å². The van der Waals surface area contributed by atoms with E-state index in [0.717, 1.165) is 5.56 Å². The molecule has 0 unspecified atom stereocenters. The van der Waals surface area contributed by atoms with Crippen molar-refractivity contribution in [3.63, 3.8) is 0 Å². The third-order valence-corrected chi connectivity index (χ3v) is 6.04. The van der Waals surface area contributed by atoms with Crippen LogP contribution < -0.4 is 0 Å². The van der Waals surface area contributed by atoms with Gasteiger partial charge in [-0.1, -0.05) is 0 Å². The molecule has 1 aliphatic heterocycles. The van der Waals surface area contributed by atoms with E-state index in [0.29, 0.717) is 0 Å². The first kappa shape index (κ1) is 19.4. The predicted octanol–water partition coefficient (Wildman–Crippen LogP) is 1.55. The molecule has 0 aliphatic carbocycles. The minimum atomic E-state index is -3.80. The van der Waals surface area contributed by atoms with Crippen molar-refractivity contribution in [2.45, 2.75) is 30.8 Å². The van der Waals surface area contributed by atoms with Gasteiger partial charge in [0.1, 0.15) is 6.73 Å². The van der Waals surface area contributed by atoms with Gasteiger partial charge in [-0.15, -0.1) is 0 Å². The molecular formula is C16H20N4O6S. The Hall–Kier alpha value is -2.34. The maximum absolute atomic E-state index is 13.0. The molecule has 0 radical (unpaired) electrons. The first-order chi connectivity index (χ1) is 12.8. The Balaban J connectivity index is 1.82. The minimum Gasteiger partial charge on any atom is -0.368 e. The van der Waals surface area contributed by atoms with Gasteiger partial charge in [0.25, 0.3) is 5.69 Å². The summed E-state index contributed by atoms with van der Waals surface area (Å²) in [4.78, 5) is 10.2. The number of morpholine rings is 1. The lowest BCUT2D eigenvalue weighted by molar-refractivity contribution is -0.384.